The predicted molar refractivity (Wildman–Crippen MR) is 58.3 cm³/mol. The van der Waals surface area contributed by atoms with Crippen LogP contribution in [0.3, 0.4) is 0 Å². The smallest absolute Gasteiger partial charge is 0.313 e. The summed E-state index contributed by atoms with van der Waals surface area (Å²) >= 11 is 0. The fourth-order valence-electron chi connectivity index (χ4n) is 1.07. The molecule has 0 aliphatic carbocycles. The Morgan fingerprint density at radius 1 is 1.19 bits per heavy atom. The number of amides is 2. The number of halogens is 1. The van der Waals surface area contributed by atoms with Crippen molar-refractivity contribution in [2.75, 3.05) is 5.32 Å². The summed E-state index contributed by atoms with van der Waals surface area (Å²) in [5, 5.41) is 4.60. The molecule has 86 valence electrons. The molecular weight excluding hydrogens is 211 g/mol. The monoisotopic (exact) mass is 224 g/mol. The SMILES string of the molecule is CC(C)NC(=O)C(=O)Nc1ccccc1F. The molecule has 0 atom stereocenters. The number of para-hydroxylation sites is 1. The average Bonchev–Trinajstić information content (AvgIpc) is 2.20. The second-order valence-electron chi connectivity index (χ2n) is 3.56. The van der Waals surface area contributed by atoms with Crippen LogP contribution in [0.25, 0.3) is 0 Å². The lowest BCUT2D eigenvalue weighted by molar-refractivity contribution is -0.136. The summed E-state index contributed by atoms with van der Waals surface area (Å²) in [4.78, 5) is 22.5. The van der Waals surface area contributed by atoms with Crippen molar-refractivity contribution in [2.24, 2.45) is 0 Å². The molecule has 0 aliphatic heterocycles. The highest BCUT2D eigenvalue weighted by Crippen LogP contribution is 2.11. The normalized spacial score (nSPS) is 10.0. The van der Waals surface area contributed by atoms with Crippen molar-refractivity contribution in [3.05, 3.63) is 30.1 Å². The molecule has 0 saturated heterocycles. The number of anilines is 1. The first-order valence-corrected chi connectivity index (χ1v) is 4.87. The molecule has 1 aromatic rings. The largest absolute Gasteiger partial charge is 0.346 e. The lowest BCUT2D eigenvalue weighted by atomic mass is 10.3. The highest BCUT2D eigenvalue weighted by Gasteiger charge is 2.15. The summed E-state index contributed by atoms with van der Waals surface area (Å²) < 4.78 is 13.1. The number of hydrogen-bond acceptors (Lipinski definition) is 2. The summed E-state index contributed by atoms with van der Waals surface area (Å²) in [7, 11) is 0. The summed E-state index contributed by atoms with van der Waals surface area (Å²) in [6.45, 7) is 3.46. The third-order valence-corrected chi connectivity index (χ3v) is 1.75. The van der Waals surface area contributed by atoms with Crippen molar-refractivity contribution in [3.8, 4) is 0 Å². The fraction of sp³-hybridized carbons (Fsp3) is 0.273. The van der Waals surface area contributed by atoms with E-state index in [1.807, 2.05) is 0 Å². The van der Waals surface area contributed by atoms with Crippen LogP contribution >= 0.6 is 0 Å². The van der Waals surface area contributed by atoms with Gasteiger partial charge in [0.15, 0.2) is 0 Å². The molecule has 0 aliphatic rings. The van der Waals surface area contributed by atoms with Gasteiger partial charge in [-0.05, 0) is 26.0 Å². The Labute approximate surface area is 92.8 Å². The van der Waals surface area contributed by atoms with E-state index in [1.165, 1.54) is 18.2 Å². The Morgan fingerprint density at radius 2 is 1.81 bits per heavy atom. The number of carbonyl (C=O) groups excluding carboxylic acids is 2. The Bertz CT molecular complexity index is 405. The minimum absolute atomic E-state index is 0.00796. The minimum atomic E-state index is -0.876. The molecule has 0 radical (unpaired) electrons. The van der Waals surface area contributed by atoms with Gasteiger partial charge in [-0.15, -0.1) is 0 Å². The van der Waals surface area contributed by atoms with Gasteiger partial charge in [-0.2, -0.15) is 0 Å². The maximum Gasteiger partial charge on any atom is 0.313 e. The van der Waals surface area contributed by atoms with Crippen LogP contribution in [0.5, 0.6) is 0 Å². The van der Waals surface area contributed by atoms with Crippen LogP contribution in [0, 0.1) is 5.82 Å². The van der Waals surface area contributed by atoms with Gasteiger partial charge in [0.2, 0.25) is 0 Å². The molecule has 2 N–H and O–H groups in total. The number of nitrogens with one attached hydrogen (secondary N) is 2. The van der Waals surface area contributed by atoms with E-state index in [-0.39, 0.29) is 11.7 Å². The zero-order valence-corrected chi connectivity index (χ0v) is 9.08. The number of carbonyl (C=O) groups is 2. The molecule has 0 fully saturated rings. The molecule has 0 unspecified atom stereocenters. The zero-order chi connectivity index (χ0) is 12.1. The van der Waals surface area contributed by atoms with Crippen molar-refractivity contribution < 1.29 is 14.0 Å². The predicted octanol–water partition coefficient (Wildman–Crippen LogP) is 1.29. The van der Waals surface area contributed by atoms with Crippen molar-refractivity contribution in [3.63, 3.8) is 0 Å². The van der Waals surface area contributed by atoms with Gasteiger partial charge in [0.1, 0.15) is 5.82 Å². The van der Waals surface area contributed by atoms with E-state index in [4.69, 9.17) is 0 Å². The topological polar surface area (TPSA) is 58.2 Å². The standard InChI is InChI=1S/C11H13FN2O2/c1-7(2)13-10(15)11(16)14-9-6-4-3-5-8(9)12/h3-7H,1-2H3,(H,13,15)(H,14,16). The molecule has 1 aromatic carbocycles. The van der Waals surface area contributed by atoms with E-state index < -0.39 is 17.6 Å². The quantitative estimate of drug-likeness (QED) is 0.744. The first-order valence-electron chi connectivity index (χ1n) is 4.87. The van der Waals surface area contributed by atoms with Crippen molar-refractivity contribution in [1.29, 1.82) is 0 Å². The highest BCUT2D eigenvalue weighted by atomic mass is 19.1. The molecule has 0 spiro atoms. The van der Waals surface area contributed by atoms with E-state index in [0.29, 0.717) is 0 Å². The third-order valence-electron chi connectivity index (χ3n) is 1.75. The second kappa shape index (κ2) is 5.25. The molecule has 16 heavy (non-hydrogen) atoms. The lowest BCUT2D eigenvalue weighted by Crippen LogP contribution is -2.39. The van der Waals surface area contributed by atoms with E-state index in [1.54, 1.807) is 19.9 Å². The summed E-state index contributed by atoms with van der Waals surface area (Å²) in [5.74, 6) is -2.23. The molecular formula is C11H13FN2O2. The van der Waals surface area contributed by atoms with E-state index in [9.17, 15) is 14.0 Å². The summed E-state index contributed by atoms with van der Waals surface area (Å²) in [6.07, 6.45) is 0. The Hall–Kier alpha value is -1.91. The fourth-order valence-corrected chi connectivity index (χ4v) is 1.07. The van der Waals surface area contributed by atoms with Crippen LogP contribution in [0.1, 0.15) is 13.8 Å². The number of benzene rings is 1. The molecule has 1 rings (SSSR count). The number of rotatable bonds is 2. The molecule has 5 heteroatoms. The lowest BCUT2D eigenvalue weighted by Gasteiger charge is -2.08. The summed E-state index contributed by atoms with van der Waals surface area (Å²) in [6, 6.07) is 5.52. The minimum Gasteiger partial charge on any atom is -0.346 e. The van der Waals surface area contributed by atoms with Gasteiger partial charge in [-0.25, -0.2) is 4.39 Å². The second-order valence-corrected chi connectivity index (χ2v) is 3.56. The Kier molecular flexibility index (Phi) is 3.99. The van der Waals surface area contributed by atoms with Crippen LogP contribution < -0.4 is 10.6 Å². The first kappa shape index (κ1) is 12.2. The Morgan fingerprint density at radius 3 is 2.38 bits per heavy atom. The molecule has 0 heterocycles. The van der Waals surface area contributed by atoms with Crippen LogP contribution in [0.2, 0.25) is 0 Å². The highest BCUT2D eigenvalue weighted by molar-refractivity contribution is 6.39. The average molecular weight is 224 g/mol. The van der Waals surface area contributed by atoms with Crippen LogP contribution in [-0.2, 0) is 9.59 Å². The van der Waals surface area contributed by atoms with Crippen molar-refractivity contribution in [1.82, 2.24) is 5.32 Å². The maximum absolute atomic E-state index is 13.1. The van der Waals surface area contributed by atoms with Crippen LogP contribution in [-0.4, -0.2) is 17.9 Å². The van der Waals surface area contributed by atoms with Gasteiger partial charge in [0.05, 0.1) is 5.69 Å². The van der Waals surface area contributed by atoms with E-state index in [2.05, 4.69) is 10.6 Å². The van der Waals surface area contributed by atoms with Crippen molar-refractivity contribution in [2.45, 2.75) is 19.9 Å². The molecule has 0 bridgehead atoms. The van der Waals surface area contributed by atoms with Gasteiger partial charge < -0.3 is 10.6 Å². The zero-order valence-electron chi connectivity index (χ0n) is 9.08. The van der Waals surface area contributed by atoms with E-state index >= 15 is 0 Å². The Balaban J connectivity index is 2.65. The van der Waals surface area contributed by atoms with Crippen molar-refractivity contribution >= 4 is 17.5 Å². The molecule has 0 saturated carbocycles. The van der Waals surface area contributed by atoms with Gasteiger partial charge in [-0.3, -0.25) is 9.59 Å². The first-order chi connectivity index (χ1) is 7.50. The van der Waals surface area contributed by atoms with E-state index in [0.717, 1.165) is 0 Å². The van der Waals surface area contributed by atoms with Gasteiger partial charge in [0, 0.05) is 6.04 Å². The summed E-state index contributed by atoms with van der Waals surface area (Å²) in [5.41, 5.74) is -0.00796. The van der Waals surface area contributed by atoms with Gasteiger partial charge in [-0.1, -0.05) is 12.1 Å². The molecule has 4 nitrogen and oxygen atoms in total. The molecule has 0 aromatic heterocycles. The van der Waals surface area contributed by atoms with Crippen LogP contribution in [0.15, 0.2) is 24.3 Å². The maximum atomic E-state index is 13.1. The van der Waals surface area contributed by atoms with Gasteiger partial charge in [0.25, 0.3) is 0 Å². The van der Waals surface area contributed by atoms with Gasteiger partial charge >= 0.3 is 11.8 Å². The molecule has 2 amide bonds. The van der Waals surface area contributed by atoms with Crippen LogP contribution in [0.4, 0.5) is 10.1 Å². The number of hydrogen-bond donors (Lipinski definition) is 2. The third kappa shape index (κ3) is 3.34.